The zero-order valence-electron chi connectivity index (χ0n) is 12.8. The van der Waals surface area contributed by atoms with Crippen LogP contribution < -0.4 is 15.8 Å². The first kappa shape index (κ1) is 15.9. The van der Waals surface area contributed by atoms with Gasteiger partial charge in [0, 0.05) is 23.8 Å². The van der Waals surface area contributed by atoms with E-state index in [4.69, 9.17) is 10.5 Å². The van der Waals surface area contributed by atoms with Gasteiger partial charge < -0.3 is 15.8 Å². The van der Waals surface area contributed by atoms with Crippen molar-refractivity contribution in [3.63, 3.8) is 0 Å². The molecule has 0 aliphatic rings. The topological polar surface area (TPSA) is 65.1 Å². The number of rotatable bonds is 5. The predicted octanol–water partition coefficient (Wildman–Crippen LogP) is 2.92. The first-order chi connectivity index (χ1) is 9.96. The fourth-order valence-corrected chi connectivity index (χ4v) is 3.17. The highest BCUT2D eigenvalue weighted by atomic mass is 79.9. The molecule has 3 N–H and O–H groups in total. The second kappa shape index (κ2) is 6.49. The van der Waals surface area contributed by atoms with Gasteiger partial charge in [0.2, 0.25) is 5.88 Å². The number of benzene rings is 1. The average Bonchev–Trinajstić information content (AvgIpc) is 2.69. The standard InChI is InChI=1S/C15H21BrN4O/c1-9-5-11(16)7-12(6-9)18-13(8-17)14-10(2)19-20(3)15(14)21-4/h5-7,13,18H,8,17H2,1-4H3. The zero-order chi connectivity index (χ0) is 15.6. The minimum absolute atomic E-state index is 0.0534. The second-order valence-corrected chi connectivity index (χ2v) is 6.00. The van der Waals surface area contributed by atoms with Gasteiger partial charge in [0.25, 0.3) is 0 Å². The van der Waals surface area contributed by atoms with Crippen LogP contribution in [0.1, 0.15) is 22.9 Å². The molecule has 0 aliphatic heterocycles. The highest BCUT2D eigenvalue weighted by Crippen LogP contribution is 2.31. The van der Waals surface area contributed by atoms with Gasteiger partial charge in [0.15, 0.2) is 0 Å². The van der Waals surface area contributed by atoms with Crippen LogP contribution in [0.5, 0.6) is 5.88 Å². The largest absolute Gasteiger partial charge is 0.481 e. The Morgan fingerprint density at radius 2 is 2.10 bits per heavy atom. The maximum Gasteiger partial charge on any atom is 0.216 e. The molecule has 1 aromatic heterocycles. The predicted molar refractivity (Wildman–Crippen MR) is 88.8 cm³/mol. The molecule has 2 rings (SSSR count). The van der Waals surface area contributed by atoms with E-state index in [1.54, 1.807) is 11.8 Å². The number of aryl methyl sites for hydroxylation is 3. The number of aromatic nitrogens is 2. The fourth-order valence-electron chi connectivity index (χ4n) is 2.57. The van der Waals surface area contributed by atoms with Crippen molar-refractivity contribution in [1.29, 1.82) is 0 Å². The summed E-state index contributed by atoms with van der Waals surface area (Å²) in [4.78, 5) is 0. The lowest BCUT2D eigenvalue weighted by Crippen LogP contribution is -2.21. The Hall–Kier alpha value is -1.53. The summed E-state index contributed by atoms with van der Waals surface area (Å²) in [6, 6.07) is 6.14. The highest BCUT2D eigenvalue weighted by Gasteiger charge is 2.22. The maximum atomic E-state index is 5.96. The molecular formula is C15H21BrN4O. The van der Waals surface area contributed by atoms with Crippen molar-refractivity contribution in [2.24, 2.45) is 12.8 Å². The maximum absolute atomic E-state index is 5.96. The van der Waals surface area contributed by atoms with Crippen molar-refractivity contribution in [2.45, 2.75) is 19.9 Å². The van der Waals surface area contributed by atoms with Gasteiger partial charge in [-0.2, -0.15) is 5.10 Å². The number of methoxy groups -OCH3 is 1. The summed E-state index contributed by atoms with van der Waals surface area (Å²) in [6.07, 6.45) is 0. The normalized spacial score (nSPS) is 12.3. The number of nitrogens with two attached hydrogens (primary N) is 1. The number of nitrogens with one attached hydrogen (secondary N) is 1. The Labute approximate surface area is 133 Å². The first-order valence-electron chi connectivity index (χ1n) is 6.77. The van der Waals surface area contributed by atoms with Gasteiger partial charge in [-0.15, -0.1) is 0 Å². The van der Waals surface area contributed by atoms with E-state index in [-0.39, 0.29) is 6.04 Å². The molecule has 0 spiro atoms. The van der Waals surface area contributed by atoms with Gasteiger partial charge in [-0.1, -0.05) is 15.9 Å². The number of nitrogens with zero attached hydrogens (tertiary/aromatic N) is 2. The molecule has 21 heavy (non-hydrogen) atoms. The monoisotopic (exact) mass is 352 g/mol. The number of anilines is 1. The van der Waals surface area contributed by atoms with Crippen molar-refractivity contribution in [2.75, 3.05) is 19.0 Å². The smallest absolute Gasteiger partial charge is 0.216 e. The van der Waals surface area contributed by atoms with Crippen LogP contribution in [0.2, 0.25) is 0 Å². The molecule has 0 amide bonds. The summed E-state index contributed by atoms with van der Waals surface area (Å²) in [6.45, 7) is 4.48. The first-order valence-corrected chi connectivity index (χ1v) is 7.56. The average molecular weight is 353 g/mol. The second-order valence-electron chi connectivity index (χ2n) is 5.08. The van der Waals surface area contributed by atoms with Gasteiger partial charge in [-0.05, 0) is 37.6 Å². The van der Waals surface area contributed by atoms with E-state index in [0.29, 0.717) is 6.54 Å². The lowest BCUT2D eigenvalue weighted by Gasteiger charge is -2.19. The van der Waals surface area contributed by atoms with Crippen molar-refractivity contribution in [3.05, 3.63) is 39.5 Å². The molecule has 0 aliphatic carbocycles. The van der Waals surface area contributed by atoms with Crippen molar-refractivity contribution in [3.8, 4) is 5.88 Å². The molecular weight excluding hydrogens is 332 g/mol. The van der Waals surface area contributed by atoms with Gasteiger partial charge in [0.05, 0.1) is 24.4 Å². The van der Waals surface area contributed by atoms with Gasteiger partial charge in [-0.3, -0.25) is 0 Å². The van der Waals surface area contributed by atoms with E-state index in [1.165, 1.54) is 5.56 Å². The van der Waals surface area contributed by atoms with Gasteiger partial charge in [0.1, 0.15) is 0 Å². The quantitative estimate of drug-likeness (QED) is 0.868. The molecule has 0 bridgehead atoms. The third-order valence-electron chi connectivity index (χ3n) is 3.37. The molecule has 0 fully saturated rings. The number of hydrogen-bond donors (Lipinski definition) is 2. The van der Waals surface area contributed by atoms with Crippen LogP contribution in [-0.4, -0.2) is 23.4 Å². The molecule has 0 saturated carbocycles. The Morgan fingerprint density at radius 3 is 2.67 bits per heavy atom. The van der Waals surface area contributed by atoms with Gasteiger partial charge in [-0.25, -0.2) is 4.68 Å². The van der Waals surface area contributed by atoms with E-state index in [2.05, 4.69) is 45.4 Å². The Bertz CT molecular complexity index is 619. The van der Waals surface area contributed by atoms with Crippen LogP contribution >= 0.6 is 15.9 Å². The minimum Gasteiger partial charge on any atom is -0.481 e. The zero-order valence-corrected chi connectivity index (χ0v) is 14.4. The van der Waals surface area contributed by atoms with Gasteiger partial charge >= 0.3 is 0 Å². The molecule has 6 heteroatoms. The SMILES string of the molecule is COc1c(C(CN)Nc2cc(C)cc(Br)c2)c(C)nn1C. The number of hydrogen-bond acceptors (Lipinski definition) is 4. The molecule has 5 nitrogen and oxygen atoms in total. The van der Waals surface area contributed by atoms with E-state index in [9.17, 15) is 0 Å². The van der Waals surface area contributed by atoms with Crippen LogP contribution in [0.25, 0.3) is 0 Å². The fraction of sp³-hybridized carbons (Fsp3) is 0.400. The van der Waals surface area contributed by atoms with Crippen LogP contribution in [0, 0.1) is 13.8 Å². The molecule has 1 aromatic carbocycles. The summed E-state index contributed by atoms with van der Waals surface area (Å²) in [5.41, 5.74) is 10.1. The Morgan fingerprint density at radius 1 is 1.38 bits per heavy atom. The lowest BCUT2D eigenvalue weighted by molar-refractivity contribution is 0.367. The Kier molecular flexibility index (Phi) is 4.90. The third kappa shape index (κ3) is 3.39. The summed E-state index contributed by atoms with van der Waals surface area (Å²) in [5, 5.41) is 7.88. The van der Waals surface area contributed by atoms with Crippen LogP contribution in [0.15, 0.2) is 22.7 Å². The van der Waals surface area contributed by atoms with E-state index < -0.39 is 0 Å². The molecule has 1 unspecified atom stereocenters. The van der Waals surface area contributed by atoms with E-state index >= 15 is 0 Å². The lowest BCUT2D eigenvalue weighted by atomic mass is 10.1. The summed E-state index contributed by atoms with van der Waals surface area (Å²) in [7, 11) is 3.52. The van der Waals surface area contributed by atoms with Crippen molar-refractivity contribution in [1.82, 2.24) is 9.78 Å². The third-order valence-corrected chi connectivity index (χ3v) is 3.83. The molecule has 0 saturated heterocycles. The van der Waals surface area contributed by atoms with Crippen LogP contribution in [0.3, 0.4) is 0 Å². The van der Waals surface area contributed by atoms with Crippen molar-refractivity contribution < 1.29 is 4.74 Å². The van der Waals surface area contributed by atoms with E-state index in [1.807, 2.05) is 20.0 Å². The molecule has 0 radical (unpaired) electrons. The Balaban J connectivity index is 2.36. The van der Waals surface area contributed by atoms with Crippen molar-refractivity contribution >= 4 is 21.6 Å². The molecule has 1 atom stereocenters. The minimum atomic E-state index is -0.0534. The van der Waals surface area contributed by atoms with Crippen LogP contribution in [0.4, 0.5) is 5.69 Å². The summed E-state index contributed by atoms with van der Waals surface area (Å²) in [5.74, 6) is 0.738. The number of halogens is 1. The number of ether oxygens (including phenoxy) is 1. The molecule has 2 aromatic rings. The van der Waals surface area contributed by atoms with E-state index in [0.717, 1.165) is 27.3 Å². The summed E-state index contributed by atoms with van der Waals surface area (Å²) >= 11 is 3.52. The molecule has 1 heterocycles. The summed E-state index contributed by atoms with van der Waals surface area (Å²) < 4.78 is 8.24. The molecule has 114 valence electrons. The van der Waals surface area contributed by atoms with Crippen LogP contribution in [-0.2, 0) is 7.05 Å². The highest BCUT2D eigenvalue weighted by molar-refractivity contribution is 9.10.